The third kappa shape index (κ3) is 3.35. The number of rotatable bonds is 6. The number of carboxylic acids is 1. The van der Waals surface area contributed by atoms with Gasteiger partial charge < -0.3 is 9.84 Å². The molecule has 0 aliphatic rings. The summed E-state index contributed by atoms with van der Waals surface area (Å²) < 4.78 is 5.27. The quantitative estimate of drug-likeness (QED) is 0.805. The first-order chi connectivity index (χ1) is 7.69. The van der Waals surface area contributed by atoms with E-state index in [1.54, 1.807) is 19.2 Å². The van der Waals surface area contributed by atoms with E-state index in [2.05, 4.69) is 6.92 Å². The van der Waals surface area contributed by atoms with Crippen LogP contribution in [-0.2, 0) is 11.2 Å². The predicted octanol–water partition coefficient (Wildman–Crippen LogP) is 2.74. The molecule has 0 saturated carbocycles. The van der Waals surface area contributed by atoms with E-state index in [4.69, 9.17) is 9.84 Å². The maximum absolute atomic E-state index is 11.0. The van der Waals surface area contributed by atoms with Crippen molar-refractivity contribution in [3.05, 3.63) is 35.4 Å². The van der Waals surface area contributed by atoms with Gasteiger partial charge in [0.1, 0.15) is 0 Å². The molecule has 0 aromatic heterocycles. The zero-order chi connectivity index (χ0) is 12.0. The number of benzene rings is 1. The van der Waals surface area contributed by atoms with Crippen LogP contribution in [0.1, 0.15) is 35.7 Å². The van der Waals surface area contributed by atoms with Crippen molar-refractivity contribution in [2.45, 2.75) is 32.3 Å². The molecule has 0 radical (unpaired) electrons. The number of ether oxygens (including phenoxy) is 1. The molecule has 1 rings (SSSR count). The highest BCUT2D eigenvalue weighted by Crippen LogP contribution is 2.14. The Morgan fingerprint density at radius 1 is 1.44 bits per heavy atom. The molecule has 0 fully saturated rings. The molecule has 1 aromatic carbocycles. The summed E-state index contributed by atoms with van der Waals surface area (Å²) in [6.45, 7) is 2.07. The van der Waals surface area contributed by atoms with Crippen LogP contribution in [-0.4, -0.2) is 24.3 Å². The Labute approximate surface area is 96.1 Å². The lowest BCUT2D eigenvalue weighted by molar-refractivity contribution is 0.0693. The maximum atomic E-state index is 11.0. The fraction of sp³-hybridized carbons (Fsp3) is 0.462. The Balaban J connectivity index is 2.69. The number of methoxy groups -OCH3 is 1. The smallest absolute Gasteiger partial charge is 0.335 e. The number of carboxylic acid groups (broad SMARTS) is 1. The zero-order valence-corrected chi connectivity index (χ0v) is 9.77. The highest BCUT2D eigenvalue weighted by Gasteiger charge is 2.11. The second kappa shape index (κ2) is 6.28. The molecule has 0 bridgehead atoms. The van der Waals surface area contributed by atoms with Crippen LogP contribution in [0.4, 0.5) is 0 Å². The van der Waals surface area contributed by atoms with Crippen LogP contribution in [0.3, 0.4) is 0 Å². The molecule has 0 aliphatic carbocycles. The molecule has 0 spiro atoms. The highest BCUT2D eigenvalue weighted by molar-refractivity contribution is 5.89. The molecule has 0 aliphatic heterocycles. The Morgan fingerprint density at radius 2 is 2.12 bits per heavy atom. The van der Waals surface area contributed by atoms with Gasteiger partial charge in [0.2, 0.25) is 0 Å². The van der Waals surface area contributed by atoms with Crippen molar-refractivity contribution in [1.29, 1.82) is 0 Å². The third-order valence-electron chi connectivity index (χ3n) is 2.77. The molecule has 1 N–H and O–H groups in total. The Kier molecular flexibility index (Phi) is 4.99. The Bertz CT molecular complexity index is 343. The Hall–Kier alpha value is -1.35. The van der Waals surface area contributed by atoms with Crippen molar-refractivity contribution in [2.24, 2.45) is 0 Å². The van der Waals surface area contributed by atoms with Gasteiger partial charge in [0.25, 0.3) is 0 Å². The van der Waals surface area contributed by atoms with Gasteiger partial charge >= 0.3 is 5.97 Å². The number of aromatic carboxylic acids is 1. The standard InChI is InChI=1S/C13H18O3/c1-3-11(16-2)9-8-10-6-4-5-7-12(10)13(14)15/h4-7,11H,3,8-9H2,1-2H3,(H,14,15). The Morgan fingerprint density at radius 3 is 2.69 bits per heavy atom. The van der Waals surface area contributed by atoms with Crippen LogP contribution in [0, 0.1) is 0 Å². The fourth-order valence-corrected chi connectivity index (χ4v) is 1.75. The van der Waals surface area contributed by atoms with Crippen molar-refractivity contribution < 1.29 is 14.6 Å². The van der Waals surface area contributed by atoms with Crippen molar-refractivity contribution >= 4 is 5.97 Å². The lowest BCUT2D eigenvalue weighted by Crippen LogP contribution is -2.11. The fourth-order valence-electron chi connectivity index (χ4n) is 1.75. The van der Waals surface area contributed by atoms with Gasteiger partial charge in [0.15, 0.2) is 0 Å². The lowest BCUT2D eigenvalue weighted by atomic mass is 10.0. The molecule has 1 aromatic rings. The average molecular weight is 222 g/mol. The molecule has 3 heteroatoms. The van der Waals surface area contributed by atoms with Gasteiger partial charge in [0.05, 0.1) is 11.7 Å². The number of aryl methyl sites for hydroxylation is 1. The highest BCUT2D eigenvalue weighted by atomic mass is 16.5. The van der Waals surface area contributed by atoms with E-state index in [-0.39, 0.29) is 6.10 Å². The van der Waals surface area contributed by atoms with E-state index in [1.807, 2.05) is 12.1 Å². The van der Waals surface area contributed by atoms with Gasteiger partial charge in [-0.3, -0.25) is 0 Å². The molecule has 1 atom stereocenters. The molecular formula is C13H18O3. The van der Waals surface area contributed by atoms with Crippen molar-refractivity contribution in [2.75, 3.05) is 7.11 Å². The number of carbonyl (C=O) groups is 1. The summed E-state index contributed by atoms with van der Waals surface area (Å²) >= 11 is 0. The topological polar surface area (TPSA) is 46.5 Å². The monoisotopic (exact) mass is 222 g/mol. The van der Waals surface area contributed by atoms with E-state index in [0.29, 0.717) is 5.56 Å². The maximum Gasteiger partial charge on any atom is 0.335 e. The number of hydrogen-bond acceptors (Lipinski definition) is 2. The van der Waals surface area contributed by atoms with Crippen molar-refractivity contribution in [3.8, 4) is 0 Å². The molecular weight excluding hydrogens is 204 g/mol. The summed E-state index contributed by atoms with van der Waals surface area (Å²) in [6.07, 6.45) is 2.76. The van der Waals surface area contributed by atoms with E-state index in [9.17, 15) is 4.79 Å². The molecule has 1 unspecified atom stereocenters. The predicted molar refractivity (Wildman–Crippen MR) is 62.8 cm³/mol. The normalized spacial score (nSPS) is 12.4. The molecule has 0 saturated heterocycles. The summed E-state index contributed by atoms with van der Waals surface area (Å²) in [5, 5.41) is 9.01. The summed E-state index contributed by atoms with van der Waals surface area (Å²) in [5.41, 5.74) is 1.28. The van der Waals surface area contributed by atoms with E-state index in [1.165, 1.54) is 0 Å². The third-order valence-corrected chi connectivity index (χ3v) is 2.77. The van der Waals surface area contributed by atoms with Crippen molar-refractivity contribution in [1.82, 2.24) is 0 Å². The van der Waals surface area contributed by atoms with E-state index < -0.39 is 5.97 Å². The van der Waals surface area contributed by atoms with Gasteiger partial charge in [-0.05, 0) is 30.9 Å². The summed E-state index contributed by atoms with van der Waals surface area (Å²) in [7, 11) is 1.69. The molecule has 88 valence electrons. The SMILES string of the molecule is CCC(CCc1ccccc1C(=O)O)OC. The summed E-state index contributed by atoms with van der Waals surface area (Å²) in [4.78, 5) is 11.0. The second-order valence-corrected chi connectivity index (χ2v) is 3.77. The van der Waals surface area contributed by atoms with Crippen molar-refractivity contribution in [3.63, 3.8) is 0 Å². The van der Waals surface area contributed by atoms with Crippen LogP contribution < -0.4 is 0 Å². The largest absolute Gasteiger partial charge is 0.478 e. The van der Waals surface area contributed by atoms with E-state index >= 15 is 0 Å². The first-order valence-corrected chi connectivity index (χ1v) is 5.53. The molecule has 0 amide bonds. The van der Waals surface area contributed by atoms with Gasteiger partial charge in [-0.15, -0.1) is 0 Å². The molecule has 0 heterocycles. The molecule has 3 nitrogen and oxygen atoms in total. The molecule has 16 heavy (non-hydrogen) atoms. The zero-order valence-electron chi connectivity index (χ0n) is 9.77. The van der Waals surface area contributed by atoms with Crippen LogP contribution in [0.25, 0.3) is 0 Å². The van der Waals surface area contributed by atoms with Crippen LogP contribution in [0.2, 0.25) is 0 Å². The second-order valence-electron chi connectivity index (χ2n) is 3.77. The van der Waals surface area contributed by atoms with E-state index in [0.717, 1.165) is 24.8 Å². The number of hydrogen-bond donors (Lipinski definition) is 1. The minimum atomic E-state index is -0.860. The van der Waals surface area contributed by atoms with Gasteiger partial charge in [-0.2, -0.15) is 0 Å². The van der Waals surface area contributed by atoms with Crippen LogP contribution in [0.5, 0.6) is 0 Å². The first-order valence-electron chi connectivity index (χ1n) is 5.53. The minimum absolute atomic E-state index is 0.210. The first kappa shape index (κ1) is 12.7. The van der Waals surface area contributed by atoms with Crippen LogP contribution >= 0.6 is 0 Å². The summed E-state index contributed by atoms with van der Waals surface area (Å²) in [6, 6.07) is 7.13. The van der Waals surface area contributed by atoms with Gasteiger partial charge in [-0.25, -0.2) is 4.79 Å². The average Bonchev–Trinajstić information content (AvgIpc) is 2.30. The lowest BCUT2D eigenvalue weighted by Gasteiger charge is -2.13. The van der Waals surface area contributed by atoms with Crippen LogP contribution in [0.15, 0.2) is 24.3 Å². The summed E-state index contributed by atoms with van der Waals surface area (Å²) in [5.74, 6) is -0.860. The van der Waals surface area contributed by atoms with Gasteiger partial charge in [0, 0.05) is 7.11 Å². The minimum Gasteiger partial charge on any atom is -0.478 e. The van der Waals surface area contributed by atoms with Gasteiger partial charge in [-0.1, -0.05) is 25.1 Å².